The van der Waals surface area contributed by atoms with Crippen molar-refractivity contribution in [3.63, 3.8) is 0 Å². The van der Waals surface area contributed by atoms with Crippen LogP contribution < -0.4 is 4.74 Å². The average Bonchev–Trinajstić information content (AvgIpc) is 2.73. The highest BCUT2D eigenvalue weighted by molar-refractivity contribution is 9.11. The first-order chi connectivity index (χ1) is 8.56. The highest BCUT2D eigenvalue weighted by Gasteiger charge is 2.08. The van der Waals surface area contributed by atoms with Gasteiger partial charge in [0.2, 0.25) is 0 Å². The van der Waals surface area contributed by atoms with Gasteiger partial charge in [0.25, 0.3) is 0 Å². The second kappa shape index (κ2) is 5.73. The predicted molar refractivity (Wildman–Crippen MR) is 74.8 cm³/mol. The molecule has 0 amide bonds. The molecule has 1 aromatic carbocycles. The van der Waals surface area contributed by atoms with Crippen LogP contribution in [-0.2, 0) is 6.61 Å². The van der Waals surface area contributed by atoms with E-state index in [9.17, 15) is 4.79 Å². The van der Waals surface area contributed by atoms with Gasteiger partial charge in [-0.15, -0.1) is 11.3 Å². The molecule has 0 unspecified atom stereocenters. The number of benzene rings is 1. The van der Waals surface area contributed by atoms with Crippen LogP contribution in [0.4, 0.5) is 0 Å². The molecule has 2 rings (SSSR count). The summed E-state index contributed by atoms with van der Waals surface area (Å²) in [5, 5.41) is 11.1. The van der Waals surface area contributed by atoms with Crippen molar-refractivity contribution in [2.45, 2.75) is 6.61 Å². The number of ether oxygens (including phenoxy) is 1. The molecule has 1 N–H and O–H groups in total. The van der Waals surface area contributed by atoms with E-state index >= 15 is 0 Å². The first-order valence-corrected chi connectivity index (χ1v) is 7.00. The summed E-state index contributed by atoms with van der Waals surface area (Å²) in [6, 6.07) is 6.37. The van der Waals surface area contributed by atoms with Crippen molar-refractivity contribution in [3.8, 4) is 5.75 Å². The van der Waals surface area contributed by atoms with Gasteiger partial charge < -0.3 is 9.84 Å². The summed E-state index contributed by atoms with van der Waals surface area (Å²) in [5.41, 5.74) is 1.18. The van der Waals surface area contributed by atoms with Crippen LogP contribution in [0, 0.1) is 0 Å². The van der Waals surface area contributed by atoms with Crippen LogP contribution in [0.15, 0.2) is 33.4 Å². The smallest absolute Gasteiger partial charge is 0.335 e. The van der Waals surface area contributed by atoms with Crippen molar-refractivity contribution in [3.05, 3.63) is 49.6 Å². The van der Waals surface area contributed by atoms with E-state index in [1.807, 2.05) is 11.4 Å². The first kappa shape index (κ1) is 13.4. The minimum absolute atomic E-state index is 0.144. The molecule has 18 heavy (non-hydrogen) atoms. The molecule has 2 aromatic rings. The van der Waals surface area contributed by atoms with E-state index < -0.39 is 5.97 Å². The Morgan fingerprint density at radius 3 is 2.78 bits per heavy atom. The number of hydrogen-bond donors (Lipinski definition) is 1. The Labute approximate surface area is 121 Å². The normalized spacial score (nSPS) is 10.3. The van der Waals surface area contributed by atoms with Crippen molar-refractivity contribution < 1.29 is 14.6 Å². The molecule has 0 atom stereocenters. The summed E-state index contributed by atoms with van der Waals surface area (Å²) < 4.78 is 6.57. The summed E-state index contributed by atoms with van der Waals surface area (Å²) in [4.78, 5) is 10.7. The lowest BCUT2D eigenvalue weighted by atomic mass is 10.2. The fourth-order valence-corrected chi connectivity index (χ4v) is 2.76. The number of hydrogen-bond acceptors (Lipinski definition) is 3. The Kier molecular flexibility index (Phi) is 4.27. The van der Waals surface area contributed by atoms with Gasteiger partial charge in [-0.1, -0.05) is 11.6 Å². The van der Waals surface area contributed by atoms with Crippen LogP contribution in [0.2, 0.25) is 5.02 Å². The molecule has 0 bridgehead atoms. The number of carbonyl (C=O) groups is 1. The maximum Gasteiger partial charge on any atom is 0.335 e. The maximum atomic E-state index is 10.7. The molecule has 0 saturated heterocycles. The number of rotatable bonds is 4. The lowest BCUT2D eigenvalue weighted by Crippen LogP contribution is -1.98. The first-order valence-electron chi connectivity index (χ1n) is 4.95. The van der Waals surface area contributed by atoms with E-state index in [0.29, 0.717) is 17.4 Å². The van der Waals surface area contributed by atoms with Crippen LogP contribution >= 0.6 is 38.9 Å². The Balaban J connectivity index is 2.08. The van der Waals surface area contributed by atoms with Crippen LogP contribution in [0.25, 0.3) is 0 Å². The minimum Gasteiger partial charge on any atom is -0.487 e. The number of halogens is 2. The summed E-state index contributed by atoms with van der Waals surface area (Å²) in [6.07, 6.45) is 0. The Bertz CT molecular complexity index is 582. The van der Waals surface area contributed by atoms with Crippen LogP contribution in [0.1, 0.15) is 15.9 Å². The molecule has 0 aliphatic rings. The number of carboxylic acid groups (broad SMARTS) is 1. The predicted octanol–water partition coefficient (Wildman–Crippen LogP) is 4.44. The quantitative estimate of drug-likeness (QED) is 0.889. The average molecular weight is 348 g/mol. The van der Waals surface area contributed by atoms with E-state index in [1.54, 1.807) is 17.4 Å². The van der Waals surface area contributed by atoms with Gasteiger partial charge in [-0.25, -0.2) is 4.79 Å². The van der Waals surface area contributed by atoms with Crippen molar-refractivity contribution in [1.29, 1.82) is 0 Å². The minimum atomic E-state index is -1.01. The van der Waals surface area contributed by atoms with Crippen LogP contribution in [0.3, 0.4) is 0 Å². The molecule has 0 fully saturated rings. The molecule has 0 aliphatic heterocycles. The van der Waals surface area contributed by atoms with Crippen molar-refractivity contribution in [2.24, 2.45) is 0 Å². The van der Waals surface area contributed by atoms with Gasteiger partial charge in [-0.3, -0.25) is 0 Å². The molecule has 94 valence electrons. The summed E-state index contributed by atoms with van der Waals surface area (Å²) in [6.45, 7) is 0.397. The molecule has 0 saturated carbocycles. The van der Waals surface area contributed by atoms with Gasteiger partial charge >= 0.3 is 5.97 Å². The molecule has 1 heterocycles. The zero-order valence-corrected chi connectivity index (χ0v) is 12.2. The van der Waals surface area contributed by atoms with Crippen molar-refractivity contribution >= 4 is 44.8 Å². The monoisotopic (exact) mass is 346 g/mol. The molecule has 1 aromatic heterocycles. The maximum absolute atomic E-state index is 10.7. The van der Waals surface area contributed by atoms with E-state index in [1.165, 1.54) is 12.1 Å². The summed E-state index contributed by atoms with van der Waals surface area (Å²) >= 11 is 10.9. The Hall–Kier alpha value is -1.04. The van der Waals surface area contributed by atoms with Gasteiger partial charge in [-0.05, 0) is 45.6 Å². The highest BCUT2D eigenvalue weighted by Crippen LogP contribution is 2.27. The largest absolute Gasteiger partial charge is 0.487 e. The molecular weight excluding hydrogens is 340 g/mol. The zero-order valence-electron chi connectivity index (χ0n) is 9.02. The van der Waals surface area contributed by atoms with Gasteiger partial charge in [0.1, 0.15) is 12.4 Å². The second-order valence-corrected chi connectivity index (χ2v) is 6.20. The van der Waals surface area contributed by atoms with E-state index in [0.717, 1.165) is 9.35 Å². The SMILES string of the molecule is O=C(O)c1ccc(OCc2csc(Br)c2)c(Cl)c1. The van der Waals surface area contributed by atoms with E-state index in [-0.39, 0.29) is 5.56 Å². The Morgan fingerprint density at radius 1 is 1.44 bits per heavy atom. The van der Waals surface area contributed by atoms with E-state index in [4.69, 9.17) is 21.4 Å². The van der Waals surface area contributed by atoms with E-state index in [2.05, 4.69) is 15.9 Å². The third-order valence-electron chi connectivity index (χ3n) is 2.19. The van der Waals surface area contributed by atoms with Gasteiger partial charge in [-0.2, -0.15) is 0 Å². The highest BCUT2D eigenvalue weighted by atomic mass is 79.9. The third kappa shape index (κ3) is 3.25. The molecule has 0 radical (unpaired) electrons. The lowest BCUT2D eigenvalue weighted by Gasteiger charge is -2.07. The number of aromatic carboxylic acids is 1. The van der Waals surface area contributed by atoms with Crippen LogP contribution in [0.5, 0.6) is 5.75 Å². The van der Waals surface area contributed by atoms with Crippen LogP contribution in [-0.4, -0.2) is 11.1 Å². The fourth-order valence-electron chi connectivity index (χ4n) is 1.33. The second-order valence-electron chi connectivity index (χ2n) is 3.50. The molecular formula is C12H8BrClO3S. The number of thiophene rings is 1. The third-order valence-corrected chi connectivity index (χ3v) is 4.04. The van der Waals surface area contributed by atoms with Crippen molar-refractivity contribution in [2.75, 3.05) is 0 Å². The number of carboxylic acids is 1. The molecule has 0 aliphatic carbocycles. The zero-order chi connectivity index (χ0) is 13.1. The Morgan fingerprint density at radius 2 is 2.22 bits per heavy atom. The standard InChI is InChI=1S/C12H8BrClO3S/c13-11-3-7(6-18-11)5-17-10-2-1-8(12(15)16)4-9(10)14/h1-4,6H,5H2,(H,15,16). The lowest BCUT2D eigenvalue weighted by molar-refractivity contribution is 0.0697. The molecule has 0 spiro atoms. The van der Waals surface area contributed by atoms with Gasteiger partial charge in [0.15, 0.2) is 0 Å². The summed E-state index contributed by atoms with van der Waals surface area (Å²) in [7, 11) is 0. The summed E-state index contributed by atoms with van der Waals surface area (Å²) in [5.74, 6) is -0.533. The van der Waals surface area contributed by atoms with Gasteiger partial charge in [0, 0.05) is 5.56 Å². The van der Waals surface area contributed by atoms with Gasteiger partial charge in [0.05, 0.1) is 14.4 Å². The topological polar surface area (TPSA) is 46.5 Å². The molecule has 3 nitrogen and oxygen atoms in total. The fraction of sp³-hybridized carbons (Fsp3) is 0.0833. The molecule has 6 heteroatoms. The van der Waals surface area contributed by atoms with Crippen molar-refractivity contribution in [1.82, 2.24) is 0 Å².